The van der Waals surface area contributed by atoms with E-state index in [1.54, 1.807) is 6.33 Å². The van der Waals surface area contributed by atoms with E-state index >= 15 is 0 Å². The standard InChI is InChI=1S/C19H26IN7O/c1-4-27-10-23-16-17(22-8-12-7-13(20)5-6-14(12)21)25-19(26-18(16)27)24-15(9-28)11(2)3/h5-7,10-11,15,28H,4,8-9,21H2,1-3H3,(H2,22,24,25,26). The van der Waals surface area contributed by atoms with Crippen LogP contribution in [-0.2, 0) is 13.1 Å². The number of halogens is 1. The highest BCUT2D eigenvalue weighted by molar-refractivity contribution is 14.1. The number of nitrogen functional groups attached to an aromatic ring is 1. The molecule has 0 aliphatic carbocycles. The fourth-order valence-electron chi connectivity index (χ4n) is 2.86. The number of anilines is 3. The van der Waals surface area contributed by atoms with E-state index < -0.39 is 0 Å². The van der Waals surface area contributed by atoms with Gasteiger partial charge >= 0.3 is 0 Å². The number of hydrogen-bond acceptors (Lipinski definition) is 7. The van der Waals surface area contributed by atoms with Crippen molar-refractivity contribution in [3.05, 3.63) is 33.7 Å². The Bertz CT molecular complexity index is 957. The van der Waals surface area contributed by atoms with Gasteiger partial charge in [0.15, 0.2) is 17.0 Å². The van der Waals surface area contributed by atoms with E-state index in [2.05, 4.69) is 48.2 Å². The summed E-state index contributed by atoms with van der Waals surface area (Å²) in [4.78, 5) is 13.7. The van der Waals surface area contributed by atoms with Crippen molar-refractivity contribution >= 4 is 51.2 Å². The van der Waals surface area contributed by atoms with Gasteiger partial charge in [-0.2, -0.15) is 9.97 Å². The number of benzene rings is 1. The summed E-state index contributed by atoms with van der Waals surface area (Å²) in [7, 11) is 0. The molecule has 0 saturated heterocycles. The summed E-state index contributed by atoms with van der Waals surface area (Å²) in [6, 6.07) is 5.80. The molecule has 3 aromatic rings. The van der Waals surface area contributed by atoms with Crippen LogP contribution in [0, 0.1) is 9.49 Å². The Balaban J connectivity index is 1.95. The van der Waals surface area contributed by atoms with Crippen LogP contribution in [0.5, 0.6) is 0 Å². The van der Waals surface area contributed by atoms with Crippen molar-refractivity contribution in [2.24, 2.45) is 5.92 Å². The molecule has 0 aliphatic rings. The fourth-order valence-corrected chi connectivity index (χ4v) is 3.41. The van der Waals surface area contributed by atoms with Crippen molar-refractivity contribution in [1.29, 1.82) is 0 Å². The molecule has 9 heteroatoms. The predicted molar refractivity (Wildman–Crippen MR) is 121 cm³/mol. The number of aromatic nitrogens is 4. The largest absolute Gasteiger partial charge is 0.398 e. The van der Waals surface area contributed by atoms with Gasteiger partial charge in [-0.05, 0) is 59.2 Å². The second kappa shape index (κ2) is 8.91. The Hall–Kier alpha value is -2.14. The van der Waals surface area contributed by atoms with Crippen LogP contribution in [0.25, 0.3) is 11.2 Å². The smallest absolute Gasteiger partial charge is 0.227 e. The van der Waals surface area contributed by atoms with Gasteiger partial charge in [0.05, 0.1) is 19.0 Å². The highest BCUT2D eigenvalue weighted by atomic mass is 127. The summed E-state index contributed by atoms with van der Waals surface area (Å²) in [5, 5.41) is 16.2. The number of aryl methyl sites for hydroxylation is 1. The van der Waals surface area contributed by atoms with Crippen molar-refractivity contribution in [2.75, 3.05) is 23.0 Å². The van der Waals surface area contributed by atoms with Gasteiger partial charge in [-0.3, -0.25) is 0 Å². The molecule has 2 heterocycles. The Labute approximate surface area is 178 Å². The van der Waals surface area contributed by atoms with Gasteiger partial charge < -0.3 is 26.0 Å². The quantitative estimate of drug-likeness (QED) is 0.281. The summed E-state index contributed by atoms with van der Waals surface area (Å²) in [6.07, 6.45) is 1.76. The lowest BCUT2D eigenvalue weighted by Crippen LogP contribution is -2.30. The van der Waals surface area contributed by atoms with Gasteiger partial charge in [-0.15, -0.1) is 0 Å². The fraction of sp³-hybridized carbons (Fsp3) is 0.421. The SMILES string of the molecule is CCn1cnc2c(NCc3cc(I)ccc3N)nc(NC(CO)C(C)C)nc21. The minimum Gasteiger partial charge on any atom is -0.398 e. The van der Waals surface area contributed by atoms with Crippen LogP contribution in [0.15, 0.2) is 24.5 Å². The van der Waals surface area contributed by atoms with Crippen LogP contribution in [0.3, 0.4) is 0 Å². The average molecular weight is 495 g/mol. The first-order valence-electron chi connectivity index (χ1n) is 9.31. The number of aliphatic hydroxyl groups excluding tert-OH is 1. The van der Waals surface area contributed by atoms with E-state index in [1.807, 2.05) is 43.5 Å². The normalized spacial score (nSPS) is 12.5. The van der Waals surface area contributed by atoms with Crippen molar-refractivity contribution < 1.29 is 5.11 Å². The molecule has 0 bridgehead atoms. The number of fused-ring (bicyclic) bond motifs is 1. The van der Waals surface area contributed by atoms with Crippen LogP contribution in [-0.4, -0.2) is 37.3 Å². The molecule has 0 aliphatic heterocycles. The van der Waals surface area contributed by atoms with Gasteiger partial charge in [0.2, 0.25) is 5.95 Å². The maximum absolute atomic E-state index is 9.64. The van der Waals surface area contributed by atoms with E-state index in [4.69, 9.17) is 5.73 Å². The van der Waals surface area contributed by atoms with Crippen molar-refractivity contribution in [2.45, 2.75) is 39.9 Å². The third-order valence-corrected chi connectivity index (χ3v) is 5.34. The molecule has 1 aromatic carbocycles. The van der Waals surface area contributed by atoms with E-state index in [0.29, 0.717) is 23.8 Å². The lowest BCUT2D eigenvalue weighted by Gasteiger charge is -2.20. The minimum atomic E-state index is -0.130. The number of aliphatic hydroxyl groups is 1. The lowest BCUT2D eigenvalue weighted by molar-refractivity contribution is 0.248. The predicted octanol–water partition coefficient (Wildman–Crippen LogP) is 3.07. The maximum atomic E-state index is 9.64. The number of nitrogens with one attached hydrogen (secondary N) is 2. The Morgan fingerprint density at radius 1 is 1.29 bits per heavy atom. The molecule has 0 fully saturated rings. The second-order valence-electron chi connectivity index (χ2n) is 6.97. The molecule has 150 valence electrons. The number of nitrogens with two attached hydrogens (primary N) is 1. The van der Waals surface area contributed by atoms with Gasteiger partial charge in [0.25, 0.3) is 0 Å². The zero-order valence-electron chi connectivity index (χ0n) is 16.3. The van der Waals surface area contributed by atoms with Crippen LogP contribution < -0.4 is 16.4 Å². The molecule has 8 nitrogen and oxygen atoms in total. The maximum Gasteiger partial charge on any atom is 0.227 e. The monoisotopic (exact) mass is 495 g/mol. The Kier molecular flexibility index (Phi) is 6.55. The molecule has 3 rings (SSSR count). The highest BCUT2D eigenvalue weighted by Gasteiger charge is 2.17. The van der Waals surface area contributed by atoms with Crippen molar-refractivity contribution in [1.82, 2.24) is 19.5 Å². The number of rotatable bonds is 8. The number of imidazole rings is 1. The van der Waals surface area contributed by atoms with Crippen molar-refractivity contribution in [3.8, 4) is 0 Å². The molecular formula is C19H26IN7O. The van der Waals surface area contributed by atoms with Crippen molar-refractivity contribution in [3.63, 3.8) is 0 Å². The first-order valence-corrected chi connectivity index (χ1v) is 10.4. The summed E-state index contributed by atoms with van der Waals surface area (Å²) in [5.41, 5.74) is 9.29. The summed E-state index contributed by atoms with van der Waals surface area (Å²) < 4.78 is 3.09. The van der Waals surface area contributed by atoms with E-state index in [-0.39, 0.29) is 18.6 Å². The summed E-state index contributed by atoms with van der Waals surface area (Å²) in [5.74, 6) is 1.34. The molecule has 5 N–H and O–H groups in total. The Morgan fingerprint density at radius 3 is 2.75 bits per heavy atom. The topological polar surface area (TPSA) is 114 Å². The first-order chi connectivity index (χ1) is 13.4. The molecule has 0 spiro atoms. The summed E-state index contributed by atoms with van der Waals surface area (Å²) in [6.45, 7) is 7.42. The zero-order valence-corrected chi connectivity index (χ0v) is 18.4. The summed E-state index contributed by atoms with van der Waals surface area (Å²) >= 11 is 2.27. The van der Waals surface area contributed by atoms with Gasteiger partial charge in [0.1, 0.15) is 0 Å². The zero-order chi connectivity index (χ0) is 20.3. The molecule has 28 heavy (non-hydrogen) atoms. The Morgan fingerprint density at radius 2 is 2.07 bits per heavy atom. The van der Waals surface area contributed by atoms with Gasteiger partial charge in [0, 0.05) is 22.3 Å². The molecule has 0 saturated carbocycles. The molecule has 0 radical (unpaired) electrons. The third kappa shape index (κ3) is 4.46. The van der Waals surface area contributed by atoms with Gasteiger partial charge in [-0.1, -0.05) is 13.8 Å². The first kappa shape index (κ1) is 20.6. The molecule has 0 amide bonds. The number of nitrogens with zero attached hydrogens (tertiary/aromatic N) is 4. The number of hydrogen-bond donors (Lipinski definition) is 4. The van der Waals surface area contributed by atoms with Crippen LogP contribution in [0.4, 0.5) is 17.5 Å². The van der Waals surface area contributed by atoms with E-state index in [9.17, 15) is 5.11 Å². The molecule has 2 aromatic heterocycles. The van der Waals surface area contributed by atoms with Crippen LogP contribution in [0.1, 0.15) is 26.3 Å². The van der Waals surface area contributed by atoms with E-state index in [1.165, 1.54) is 0 Å². The lowest BCUT2D eigenvalue weighted by atomic mass is 10.1. The third-order valence-electron chi connectivity index (χ3n) is 4.67. The second-order valence-corrected chi connectivity index (χ2v) is 8.22. The van der Waals surface area contributed by atoms with Crippen LogP contribution in [0.2, 0.25) is 0 Å². The van der Waals surface area contributed by atoms with E-state index in [0.717, 1.165) is 27.0 Å². The van der Waals surface area contributed by atoms with Gasteiger partial charge in [-0.25, -0.2) is 4.98 Å². The van der Waals surface area contributed by atoms with Crippen LogP contribution >= 0.6 is 22.6 Å². The molecular weight excluding hydrogens is 469 g/mol. The molecule has 1 unspecified atom stereocenters. The minimum absolute atomic E-state index is 0.00779. The average Bonchev–Trinajstić information content (AvgIpc) is 3.09. The molecule has 1 atom stereocenters. The highest BCUT2D eigenvalue weighted by Crippen LogP contribution is 2.24.